The Morgan fingerprint density at radius 1 is 1.20 bits per heavy atom. The molecule has 0 amide bonds. The van der Waals surface area contributed by atoms with E-state index in [1.807, 2.05) is 27.7 Å². The van der Waals surface area contributed by atoms with Gasteiger partial charge >= 0.3 is 0 Å². The normalized spacial score (nSPS) is 29.6. The van der Waals surface area contributed by atoms with E-state index in [4.69, 9.17) is 5.73 Å². The third kappa shape index (κ3) is 2.62. The SMILES string of the molecule is Cc1ccc(S(=O)(=O)N[C@H]2CC[C@@](C)(N)C2(C)C)cc1. The third-order valence-electron chi connectivity index (χ3n) is 4.92. The number of rotatable bonds is 3. The molecule has 2 rings (SSSR count). The van der Waals surface area contributed by atoms with Crippen LogP contribution in [0.15, 0.2) is 29.2 Å². The first kappa shape index (κ1) is 15.5. The summed E-state index contributed by atoms with van der Waals surface area (Å²) in [6.07, 6.45) is 1.59. The van der Waals surface area contributed by atoms with Crippen molar-refractivity contribution in [2.75, 3.05) is 0 Å². The quantitative estimate of drug-likeness (QED) is 0.898. The molecule has 0 saturated heterocycles. The van der Waals surface area contributed by atoms with Crippen molar-refractivity contribution in [1.82, 2.24) is 4.72 Å². The Morgan fingerprint density at radius 2 is 1.75 bits per heavy atom. The monoisotopic (exact) mass is 296 g/mol. The van der Waals surface area contributed by atoms with Crippen LogP contribution in [-0.4, -0.2) is 20.0 Å². The molecular weight excluding hydrogens is 272 g/mol. The fraction of sp³-hybridized carbons (Fsp3) is 0.600. The van der Waals surface area contributed by atoms with Crippen LogP contribution < -0.4 is 10.5 Å². The standard InChI is InChI=1S/C15H24N2O2S/c1-11-5-7-12(8-6-11)20(18,19)17-13-9-10-15(4,16)14(13,2)3/h5-8,13,17H,9-10,16H2,1-4H3/t13-,15+/m0/s1. The highest BCUT2D eigenvalue weighted by molar-refractivity contribution is 7.89. The van der Waals surface area contributed by atoms with E-state index in [-0.39, 0.29) is 17.0 Å². The summed E-state index contributed by atoms with van der Waals surface area (Å²) in [4.78, 5) is 0.310. The molecule has 0 spiro atoms. The number of aryl methyl sites for hydroxylation is 1. The fourth-order valence-corrected chi connectivity index (χ4v) is 4.12. The predicted octanol–water partition coefficient (Wildman–Crippen LogP) is 2.18. The summed E-state index contributed by atoms with van der Waals surface area (Å²) in [7, 11) is -3.49. The number of hydrogen-bond acceptors (Lipinski definition) is 3. The molecule has 1 saturated carbocycles. The molecule has 5 heteroatoms. The van der Waals surface area contributed by atoms with Gasteiger partial charge in [-0.25, -0.2) is 13.1 Å². The minimum absolute atomic E-state index is 0.135. The van der Waals surface area contributed by atoms with E-state index >= 15 is 0 Å². The van der Waals surface area contributed by atoms with Gasteiger partial charge in [0.05, 0.1) is 4.90 Å². The van der Waals surface area contributed by atoms with Crippen LogP contribution in [0.1, 0.15) is 39.2 Å². The van der Waals surface area contributed by atoms with E-state index in [0.29, 0.717) is 4.90 Å². The van der Waals surface area contributed by atoms with Crippen LogP contribution in [-0.2, 0) is 10.0 Å². The van der Waals surface area contributed by atoms with Crippen LogP contribution in [0.3, 0.4) is 0 Å². The molecule has 4 nitrogen and oxygen atoms in total. The lowest BCUT2D eigenvalue weighted by atomic mass is 9.75. The molecule has 0 aliphatic heterocycles. The first-order valence-corrected chi connectivity index (χ1v) is 8.42. The highest BCUT2D eigenvalue weighted by Gasteiger charge is 2.50. The van der Waals surface area contributed by atoms with Crippen LogP contribution in [0, 0.1) is 12.3 Å². The van der Waals surface area contributed by atoms with E-state index in [0.717, 1.165) is 18.4 Å². The molecule has 1 aliphatic carbocycles. The molecule has 3 N–H and O–H groups in total. The minimum atomic E-state index is -3.49. The molecule has 0 unspecified atom stereocenters. The third-order valence-corrected chi connectivity index (χ3v) is 6.41. The molecule has 1 aromatic rings. The van der Waals surface area contributed by atoms with E-state index in [1.165, 1.54) is 0 Å². The minimum Gasteiger partial charge on any atom is -0.325 e. The van der Waals surface area contributed by atoms with Crippen LogP contribution in [0.4, 0.5) is 0 Å². The summed E-state index contributed by atoms with van der Waals surface area (Å²) in [6, 6.07) is 6.76. The van der Waals surface area contributed by atoms with Gasteiger partial charge in [-0.1, -0.05) is 31.5 Å². The Labute approximate surface area is 121 Å². The van der Waals surface area contributed by atoms with E-state index < -0.39 is 10.0 Å². The summed E-state index contributed by atoms with van der Waals surface area (Å²) < 4.78 is 27.7. The molecule has 0 heterocycles. The fourth-order valence-electron chi connectivity index (χ4n) is 2.70. The Hall–Kier alpha value is -0.910. The Balaban J connectivity index is 2.24. The maximum Gasteiger partial charge on any atom is 0.240 e. The molecule has 0 radical (unpaired) electrons. The first-order chi connectivity index (χ1) is 9.06. The largest absolute Gasteiger partial charge is 0.325 e. The Kier molecular flexibility index (Phi) is 3.73. The highest BCUT2D eigenvalue weighted by Crippen LogP contribution is 2.44. The lowest BCUT2D eigenvalue weighted by Crippen LogP contribution is -2.54. The summed E-state index contributed by atoms with van der Waals surface area (Å²) in [5.74, 6) is 0. The van der Waals surface area contributed by atoms with Gasteiger partial charge in [0.25, 0.3) is 0 Å². The van der Waals surface area contributed by atoms with Gasteiger partial charge in [-0.15, -0.1) is 0 Å². The van der Waals surface area contributed by atoms with Crippen molar-refractivity contribution < 1.29 is 8.42 Å². The van der Waals surface area contributed by atoms with Gasteiger partial charge in [-0.3, -0.25) is 0 Å². The summed E-state index contributed by atoms with van der Waals surface area (Å²) >= 11 is 0. The van der Waals surface area contributed by atoms with E-state index in [9.17, 15) is 8.42 Å². The van der Waals surface area contributed by atoms with Crippen molar-refractivity contribution in [1.29, 1.82) is 0 Å². The molecule has 0 bridgehead atoms. The average Bonchev–Trinajstić information content (AvgIpc) is 2.52. The van der Waals surface area contributed by atoms with Crippen LogP contribution in [0.2, 0.25) is 0 Å². The molecule has 1 aromatic carbocycles. The molecule has 0 aromatic heterocycles. The van der Waals surface area contributed by atoms with E-state index in [1.54, 1.807) is 24.3 Å². The van der Waals surface area contributed by atoms with E-state index in [2.05, 4.69) is 4.72 Å². The van der Waals surface area contributed by atoms with Crippen LogP contribution in [0.25, 0.3) is 0 Å². The van der Waals surface area contributed by atoms with Gasteiger partial charge in [-0.2, -0.15) is 0 Å². The van der Waals surface area contributed by atoms with Crippen molar-refractivity contribution in [3.8, 4) is 0 Å². The second-order valence-corrected chi connectivity index (χ2v) is 8.38. The molecular formula is C15H24N2O2S. The predicted molar refractivity (Wildman–Crippen MR) is 80.9 cm³/mol. The second kappa shape index (κ2) is 4.83. The number of sulfonamides is 1. The average molecular weight is 296 g/mol. The number of nitrogens with two attached hydrogens (primary N) is 1. The zero-order chi connectivity index (χ0) is 15.2. The molecule has 2 atom stereocenters. The molecule has 1 aliphatic rings. The maximum atomic E-state index is 12.4. The zero-order valence-corrected chi connectivity index (χ0v) is 13.4. The van der Waals surface area contributed by atoms with Gasteiger partial charge in [0.1, 0.15) is 0 Å². The van der Waals surface area contributed by atoms with Gasteiger partial charge in [0.2, 0.25) is 10.0 Å². The van der Waals surface area contributed by atoms with Crippen LogP contribution >= 0.6 is 0 Å². The highest BCUT2D eigenvalue weighted by atomic mass is 32.2. The van der Waals surface area contributed by atoms with Gasteiger partial charge in [-0.05, 0) is 44.2 Å². The first-order valence-electron chi connectivity index (χ1n) is 6.94. The van der Waals surface area contributed by atoms with Crippen molar-refractivity contribution in [2.24, 2.45) is 11.1 Å². The topological polar surface area (TPSA) is 72.2 Å². The van der Waals surface area contributed by atoms with Crippen molar-refractivity contribution in [2.45, 2.75) is 57.0 Å². The molecule has 112 valence electrons. The summed E-state index contributed by atoms with van der Waals surface area (Å²) in [5.41, 5.74) is 6.70. The lowest BCUT2D eigenvalue weighted by molar-refractivity contribution is 0.198. The molecule has 20 heavy (non-hydrogen) atoms. The van der Waals surface area contributed by atoms with Gasteiger partial charge < -0.3 is 5.73 Å². The summed E-state index contributed by atoms with van der Waals surface area (Å²) in [6.45, 7) is 7.99. The smallest absolute Gasteiger partial charge is 0.240 e. The number of hydrogen-bond donors (Lipinski definition) is 2. The Morgan fingerprint density at radius 3 is 2.20 bits per heavy atom. The van der Waals surface area contributed by atoms with Gasteiger partial charge in [0, 0.05) is 11.6 Å². The number of nitrogens with one attached hydrogen (secondary N) is 1. The van der Waals surface area contributed by atoms with Crippen molar-refractivity contribution >= 4 is 10.0 Å². The maximum absolute atomic E-state index is 12.4. The van der Waals surface area contributed by atoms with Gasteiger partial charge in [0.15, 0.2) is 0 Å². The lowest BCUT2D eigenvalue weighted by Gasteiger charge is -2.38. The number of benzene rings is 1. The molecule has 1 fully saturated rings. The second-order valence-electron chi connectivity index (χ2n) is 6.66. The van der Waals surface area contributed by atoms with Crippen LogP contribution in [0.5, 0.6) is 0 Å². The summed E-state index contributed by atoms with van der Waals surface area (Å²) in [5, 5.41) is 0. The Bertz CT molecular complexity index is 589. The van der Waals surface area contributed by atoms with Crippen molar-refractivity contribution in [3.63, 3.8) is 0 Å². The van der Waals surface area contributed by atoms with Crippen molar-refractivity contribution in [3.05, 3.63) is 29.8 Å². The zero-order valence-electron chi connectivity index (χ0n) is 12.6.